The highest BCUT2D eigenvalue weighted by molar-refractivity contribution is 6.02. The Morgan fingerprint density at radius 2 is 1.76 bits per heavy atom. The van der Waals surface area contributed by atoms with Gasteiger partial charge in [-0.1, -0.05) is 0 Å². The molecule has 3 nitrogen and oxygen atoms in total. The molecule has 0 fully saturated rings. The van der Waals surface area contributed by atoms with Gasteiger partial charge in [-0.2, -0.15) is 0 Å². The van der Waals surface area contributed by atoms with E-state index in [0.717, 1.165) is 33.1 Å². The van der Waals surface area contributed by atoms with Crippen molar-refractivity contribution in [1.82, 2.24) is 4.40 Å². The van der Waals surface area contributed by atoms with Crippen molar-refractivity contribution in [3.63, 3.8) is 0 Å². The van der Waals surface area contributed by atoms with E-state index in [-0.39, 0.29) is 11.3 Å². The molecule has 0 saturated heterocycles. The first-order chi connectivity index (χ1) is 8.02. The third kappa shape index (κ3) is 1.08. The van der Waals surface area contributed by atoms with Crippen molar-refractivity contribution in [2.75, 3.05) is 0 Å². The van der Waals surface area contributed by atoms with Gasteiger partial charge in [0.2, 0.25) is 0 Å². The normalized spacial score (nSPS) is 11.7. The SMILES string of the molecule is Cc1c(C)c2ccc(O)c3cc(C)n(c1=O)c32. The lowest BCUT2D eigenvalue weighted by Gasteiger charge is -2.08. The Kier molecular flexibility index (Phi) is 1.79. The summed E-state index contributed by atoms with van der Waals surface area (Å²) < 4.78 is 1.69. The third-order valence-electron chi connectivity index (χ3n) is 3.61. The summed E-state index contributed by atoms with van der Waals surface area (Å²) in [6.45, 7) is 5.68. The van der Waals surface area contributed by atoms with Crippen LogP contribution in [0.5, 0.6) is 5.75 Å². The maximum Gasteiger partial charge on any atom is 0.258 e. The van der Waals surface area contributed by atoms with Crippen LogP contribution in [0.2, 0.25) is 0 Å². The summed E-state index contributed by atoms with van der Waals surface area (Å²) in [7, 11) is 0. The van der Waals surface area contributed by atoms with Crippen LogP contribution in [-0.4, -0.2) is 9.51 Å². The van der Waals surface area contributed by atoms with E-state index in [4.69, 9.17) is 0 Å². The first kappa shape index (κ1) is 10.1. The second kappa shape index (κ2) is 3.00. The highest BCUT2D eigenvalue weighted by atomic mass is 16.3. The van der Waals surface area contributed by atoms with Gasteiger partial charge < -0.3 is 5.11 Å². The second-order valence-electron chi connectivity index (χ2n) is 4.57. The molecule has 3 rings (SSSR count). The minimum Gasteiger partial charge on any atom is -0.507 e. The molecule has 0 radical (unpaired) electrons. The maximum absolute atomic E-state index is 12.2. The number of hydrogen-bond donors (Lipinski definition) is 1. The number of phenolic OH excluding ortho intramolecular Hbond substituents is 1. The van der Waals surface area contributed by atoms with Crippen molar-refractivity contribution in [3.05, 3.63) is 45.4 Å². The highest BCUT2D eigenvalue weighted by Crippen LogP contribution is 2.32. The molecule has 86 valence electrons. The van der Waals surface area contributed by atoms with Crippen LogP contribution in [-0.2, 0) is 0 Å². The Labute approximate surface area is 98.3 Å². The van der Waals surface area contributed by atoms with Gasteiger partial charge in [0.15, 0.2) is 0 Å². The molecule has 0 bridgehead atoms. The lowest BCUT2D eigenvalue weighted by Crippen LogP contribution is -2.17. The van der Waals surface area contributed by atoms with Crippen LogP contribution >= 0.6 is 0 Å². The Balaban J connectivity index is 2.81. The fourth-order valence-electron chi connectivity index (χ4n) is 2.52. The van der Waals surface area contributed by atoms with Crippen molar-refractivity contribution in [2.45, 2.75) is 20.8 Å². The number of aryl methyl sites for hydroxylation is 2. The molecule has 0 aliphatic rings. The summed E-state index contributed by atoms with van der Waals surface area (Å²) in [5, 5.41) is 11.6. The van der Waals surface area contributed by atoms with Crippen molar-refractivity contribution >= 4 is 16.3 Å². The molecular weight excluding hydrogens is 214 g/mol. The zero-order chi connectivity index (χ0) is 12.3. The van der Waals surface area contributed by atoms with Crippen LogP contribution in [0.4, 0.5) is 0 Å². The number of benzene rings is 1. The Morgan fingerprint density at radius 3 is 2.47 bits per heavy atom. The molecule has 0 spiro atoms. The summed E-state index contributed by atoms with van der Waals surface area (Å²) in [5.41, 5.74) is 3.46. The molecule has 0 amide bonds. The average Bonchev–Trinajstić information content (AvgIpc) is 2.64. The number of phenols is 1. The molecule has 0 saturated carbocycles. The average molecular weight is 227 g/mol. The third-order valence-corrected chi connectivity index (χ3v) is 3.61. The number of aromatic hydroxyl groups is 1. The van der Waals surface area contributed by atoms with E-state index in [2.05, 4.69) is 0 Å². The van der Waals surface area contributed by atoms with Gasteiger partial charge in [0.25, 0.3) is 5.56 Å². The smallest absolute Gasteiger partial charge is 0.258 e. The summed E-state index contributed by atoms with van der Waals surface area (Å²) >= 11 is 0. The molecule has 1 N–H and O–H groups in total. The van der Waals surface area contributed by atoms with Crippen molar-refractivity contribution in [3.8, 4) is 5.75 Å². The molecule has 0 unspecified atom stereocenters. The predicted molar refractivity (Wildman–Crippen MR) is 68.2 cm³/mol. The van der Waals surface area contributed by atoms with Gasteiger partial charge in [0, 0.05) is 22.0 Å². The van der Waals surface area contributed by atoms with E-state index < -0.39 is 0 Å². The molecule has 3 aromatic rings. The summed E-state index contributed by atoms with van der Waals surface area (Å²) in [5.74, 6) is 0.228. The molecule has 2 heterocycles. The maximum atomic E-state index is 12.2. The molecule has 0 aliphatic heterocycles. The van der Waals surface area contributed by atoms with Crippen LogP contribution in [0, 0.1) is 20.8 Å². The van der Waals surface area contributed by atoms with Gasteiger partial charge in [-0.3, -0.25) is 9.20 Å². The van der Waals surface area contributed by atoms with Gasteiger partial charge in [-0.05, 0) is 44.5 Å². The first-order valence-electron chi connectivity index (χ1n) is 5.59. The van der Waals surface area contributed by atoms with Crippen LogP contribution < -0.4 is 5.56 Å². The zero-order valence-electron chi connectivity index (χ0n) is 10.0. The van der Waals surface area contributed by atoms with Crippen LogP contribution in [0.3, 0.4) is 0 Å². The lowest BCUT2D eigenvalue weighted by molar-refractivity contribution is 0.482. The van der Waals surface area contributed by atoms with E-state index in [1.165, 1.54) is 0 Å². The molecule has 3 heteroatoms. The minimum absolute atomic E-state index is 0.00750. The number of rotatable bonds is 0. The molecule has 0 aliphatic carbocycles. The van der Waals surface area contributed by atoms with Crippen molar-refractivity contribution < 1.29 is 5.11 Å². The van der Waals surface area contributed by atoms with E-state index in [1.807, 2.05) is 32.9 Å². The number of pyridine rings is 1. The molecule has 1 aromatic carbocycles. The van der Waals surface area contributed by atoms with Crippen molar-refractivity contribution in [2.24, 2.45) is 0 Å². The van der Waals surface area contributed by atoms with Gasteiger partial charge in [0.05, 0.1) is 5.52 Å². The molecule has 17 heavy (non-hydrogen) atoms. The Morgan fingerprint density at radius 1 is 1.06 bits per heavy atom. The fraction of sp³-hybridized carbons (Fsp3) is 0.214. The van der Waals surface area contributed by atoms with Crippen LogP contribution in [0.1, 0.15) is 16.8 Å². The summed E-state index contributed by atoms with van der Waals surface area (Å²) in [6.07, 6.45) is 0. The highest BCUT2D eigenvalue weighted by Gasteiger charge is 2.16. The topological polar surface area (TPSA) is 41.7 Å². The first-order valence-corrected chi connectivity index (χ1v) is 5.59. The number of hydrogen-bond acceptors (Lipinski definition) is 2. The summed E-state index contributed by atoms with van der Waals surface area (Å²) in [4.78, 5) is 12.2. The van der Waals surface area contributed by atoms with E-state index in [0.29, 0.717) is 0 Å². The standard InChI is InChI=1S/C14H13NO2/c1-7-6-11-12(16)5-4-10-8(2)9(3)14(17)15(7)13(10)11/h4-6,16H,1-3H3. The second-order valence-corrected chi connectivity index (χ2v) is 4.57. The molecular formula is C14H13NO2. The molecule has 2 aromatic heterocycles. The van der Waals surface area contributed by atoms with Crippen LogP contribution in [0.25, 0.3) is 16.3 Å². The zero-order valence-corrected chi connectivity index (χ0v) is 10.0. The van der Waals surface area contributed by atoms with Gasteiger partial charge in [-0.25, -0.2) is 0 Å². The predicted octanol–water partition coefficient (Wildman–Crippen LogP) is 2.52. The van der Waals surface area contributed by atoms with Gasteiger partial charge >= 0.3 is 0 Å². The van der Waals surface area contributed by atoms with Crippen LogP contribution in [0.15, 0.2) is 23.0 Å². The van der Waals surface area contributed by atoms with Gasteiger partial charge in [0.1, 0.15) is 5.75 Å². The van der Waals surface area contributed by atoms with E-state index in [1.54, 1.807) is 10.5 Å². The molecule has 0 atom stereocenters. The minimum atomic E-state index is 0.00750. The number of aromatic nitrogens is 1. The summed E-state index contributed by atoms with van der Waals surface area (Å²) in [6, 6.07) is 5.42. The van der Waals surface area contributed by atoms with E-state index >= 15 is 0 Å². The fourth-order valence-corrected chi connectivity index (χ4v) is 2.52. The van der Waals surface area contributed by atoms with E-state index in [9.17, 15) is 9.90 Å². The van der Waals surface area contributed by atoms with Gasteiger partial charge in [-0.15, -0.1) is 0 Å². The Bertz CT molecular complexity index is 799. The Hall–Kier alpha value is -2.03. The number of nitrogens with zero attached hydrogens (tertiary/aromatic N) is 1. The lowest BCUT2D eigenvalue weighted by atomic mass is 10.0. The quantitative estimate of drug-likeness (QED) is 0.641. The monoisotopic (exact) mass is 227 g/mol. The largest absolute Gasteiger partial charge is 0.507 e. The van der Waals surface area contributed by atoms with Crippen molar-refractivity contribution in [1.29, 1.82) is 0 Å².